The number of hydrogen-bond donors (Lipinski definition) is 3. The molecule has 0 radical (unpaired) electrons. The quantitative estimate of drug-likeness (QED) is 0.572. The van der Waals surface area contributed by atoms with E-state index in [1.54, 1.807) is 0 Å². The highest BCUT2D eigenvalue weighted by Gasteiger charge is 2.29. The van der Waals surface area contributed by atoms with Crippen LogP contribution in [-0.4, -0.2) is 55.4 Å². The molecule has 1 rings (SSSR count). The Morgan fingerprint density at radius 2 is 2.26 bits per heavy atom. The maximum Gasteiger partial charge on any atom is 0.358 e. The number of nitrogens with zero attached hydrogens (tertiary/aromatic N) is 1. The zero-order chi connectivity index (χ0) is 14.7. The van der Waals surface area contributed by atoms with Crippen molar-refractivity contribution in [2.24, 2.45) is 0 Å². The molecule has 1 unspecified atom stereocenters. The lowest BCUT2D eigenvalue weighted by molar-refractivity contribution is 0.00682. The van der Waals surface area contributed by atoms with Crippen LogP contribution in [0.3, 0.4) is 0 Å². The summed E-state index contributed by atoms with van der Waals surface area (Å²) in [6, 6.07) is 0. The number of carbonyl (C=O) groups is 1. The molecule has 108 valence electrons. The minimum Gasteiger partial charge on any atom is -0.464 e. The number of rotatable bonds is 6. The second kappa shape index (κ2) is 5.92. The zero-order valence-electron chi connectivity index (χ0n) is 10.3. The zero-order valence-corrected chi connectivity index (χ0v) is 11.9. The predicted octanol–water partition coefficient (Wildman–Crippen LogP) is -1.05. The van der Waals surface area contributed by atoms with Crippen molar-refractivity contribution in [3.05, 3.63) is 11.2 Å². The van der Waals surface area contributed by atoms with Crippen molar-refractivity contribution in [1.82, 2.24) is 9.71 Å². The van der Waals surface area contributed by atoms with Gasteiger partial charge in [-0.05, 0) is 6.92 Å². The summed E-state index contributed by atoms with van der Waals surface area (Å²) in [5.41, 5.74) is -0.711. The highest BCUT2D eigenvalue weighted by molar-refractivity contribution is 7.91. The minimum absolute atomic E-state index is 0.298. The number of carbonyl (C=O) groups excluding carboxylic acids is 1. The molecule has 0 aliphatic rings. The van der Waals surface area contributed by atoms with Crippen LogP contribution in [0.5, 0.6) is 0 Å². The molecule has 3 N–H and O–H groups in total. The number of aromatic nitrogens is 1. The van der Waals surface area contributed by atoms with Crippen molar-refractivity contribution in [2.45, 2.75) is 16.7 Å². The Hall–Kier alpha value is -1.07. The van der Waals surface area contributed by atoms with Crippen molar-refractivity contribution >= 4 is 27.3 Å². The van der Waals surface area contributed by atoms with E-state index < -0.39 is 34.7 Å². The molecule has 0 spiro atoms. The Balaban J connectivity index is 2.96. The highest BCUT2D eigenvalue weighted by Crippen LogP contribution is 2.20. The Morgan fingerprint density at radius 1 is 1.63 bits per heavy atom. The van der Waals surface area contributed by atoms with Gasteiger partial charge in [0.1, 0.15) is 0 Å². The van der Waals surface area contributed by atoms with Gasteiger partial charge in [-0.1, -0.05) is 0 Å². The Labute approximate surface area is 114 Å². The van der Waals surface area contributed by atoms with Crippen molar-refractivity contribution in [3.63, 3.8) is 0 Å². The summed E-state index contributed by atoms with van der Waals surface area (Å²) in [5, 5.41) is 18.4. The summed E-state index contributed by atoms with van der Waals surface area (Å²) in [6.45, 7) is 0.260. The molecule has 0 aliphatic heterocycles. The van der Waals surface area contributed by atoms with Gasteiger partial charge in [-0.25, -0.2) is 22.9 Å². The summed E-state index contributed by atoms with van der Waals surface area (Å²) in [7, 11) is -2.90. The first-order valence-corrected chi connectivity index (χ1v) is 7.44. The van der Waals surface area contributed by atoms with Crippen LogP contribution >= 0.6 is 11.3 Å². The Morgan fingerprint density at radius 3 is 2.79 bits per heavy atom. The topological polar surface area (TPSA) is 126 Å². The molecule has 1 heterocycles. The fraction of sp³-hybridized carbons (Fsp3) is 0.556. The number of nitrogens with one attached hydrogen (secondary N) is 1. The predicted molar refractivity (Wildman–Crippen MR) is 66.4 cm³/mol. The molecular formula is C9H14N2O6S2. The van der Waals surface area contributed by atoms with Gasteiger partial charge in [-0.3, -0.25) is 0 Å². The third kappa shape index (κ3) is 3.94. The molecule has 0 aliphatic carbocycles. The van der Waals surface area contributed by atoms with Gasteiger partial charge in [0.15, 0.2) is 9.90 Å². The molecule has 8 nitrogen and oxygen atoms in total. The van der Waals surface area contributed by atoms with Crippen LogP contribution in [0.15, 0.2) is 9.72 Å². The number of aliphatic hydroxyl groups excluding tert-OH is 1. The SMILES string of the molecule is COC(=O)c1ncsc1S(=O)(=O)NCC(C)(O)CO. The number of thiazole rings is 1. The van der Waals surface area contributed by atoms with Crippen LogP contribution in [0.4, 0.5) is 0 Å². The summed E-state index contributed by atoms with van der Waals surface area (Å²) < 4.78 is 30.1. The van der Waals surface area contributed by atoms with E-state index >= 15 is 0 Å². The van der Waals surface area contributed by atoms with E-state index in [-0.39, 0.29) is 9.90 Å². The lowest BCUT2D eigenvalue weighted by atomic mass is 10.1. The van der Waals surface area contributed by atoms with Crippen molar-refractivity contribution < 1.29 is 28.2 Å². The molecular weight excluding hydrogens is 296 g/mol. The molecule has 0 amide bonds. The van der Waals surface area contributed by atoms with Gasteiger partial charge in [0, 0.05) is 6.54 Å². The van der Waals surface area contributed by atoms with E-state index in [9.17, 15) is 18.3 Å². The van der Waals surface area contributed by atoms with E-state index in [4.69, 9.17) is 5.11 Å². The fourth-order valence-corrected chi connectivity index (χ4v) is 3.37. The van der Waals surface area contributed by atoms with Gasteiger partial charge in [-0.2, -0.15) is 0 Å². The lowest BCUT2D eigenvalue weighted by Gasteiger charge is -2.20. The molecule has 1 aromatic rings. The number of aliphatic hydroxyl groups is 2. The fourth-order valence-electron chi connectivity index (χ4n) is 1.03. The van der Waals surface area contributed by atoms with Gasteiger partial charge < -0.3 is 14.9 Å². The van der Waals surface area contributed by atoms with E-state index in [1.807, 2.05) is 0 Å². The van der Waals surface area contributed by atoms with E-state index in [2.05, 4.69) is 14.4 Å². The average molecular weight is 310 g/mol. The molecule has 0 saturated heterocycles. The van der Waals surface area contributed by atoms with Crippen LogP contribution in [0.2, 0.25) is 0 Å². The third-order valence-electron chi connectivity index (χ3n) is 2.14. The Kier molecular flexibility index (Phi) is 4.98. The van der Waals surface area contributed by atoms with Crippen molar-refractivity contribution in [1.29, 1.82) is 0 Å². The first-order valence-electron chi connectivity index (χ1n) is 5.08. The van der Waals surface area contributed by atoms with Gasteiger partial charge in [0.2, 0.25) is 0 Å². The first kappa shape index (κ1) is 16.0. The minimum atomic E-state index is -4.01. The summed E-state index contributed by atoms with van der Waals surface area (Å²) in [6.07, 6.45) is 0. The van der Waals surface area contributed by atoms with Crippen LogP contribution in [0.1, 0.15) is 17.4 Å². The van der Waals surface area contributed by atoms with Gasteiger partial charge >= 0.3 is 5.97 Å². The number of esters is 1. The van der Waals surface area contributed by atoms with Gasteiger partial charge in [0.05, 0.1) is 24.8 Å². The van der Waals surface area contributed by atoms with Crippen LogP contribution in [-0.2, 0) is 14.8 Å². The lowest BCUT2D eigenvalue weighted by Crippen LogP contribution is -2.43. The molecule has 0 fully saturated rings. The summed E-state index contributed by atoms with van der Waals surface area (Å²) in [5.74, 6) is -0.865. The normalized spacial score (nSPS) is 14.9. The first-order chi connectivity index (χ1) is 8.73. The highest BCUT2D eigenvalue weighted by atomic mass is 32.2. The monoisotopic (exact) mass is 310 g/mol. The molecule has 0 saturated carbocycles. The second-order valence-electron chi connectivity index (χ2n) is 3.96. The second-order valence-corrected chi connectivity index (χ2v) is 6.78. The van der Waals surface area contributed by atoms with E-state index in [0.29, 0.717) is 0 Å². The largest absolute Gasteiger partial charge is 0.464 e. The smallest absolute Gasteiger partial charge is 0.358 e. The van der Waals surface area contributed by atoms with Crippen LogP contribution in [0.25, 0.3) is 0 Å². The number of sulfonamides is 1. The number of methoxy groups -OCH3 is 1. The number of hydrogen-bond acceptors (Lipinski definition) is 8. The van der Waals surface area contributed by atoms with E-state index in [1.165, 1.54) is 12.4 Å². The summed E-state index contributed by atoms with van der Waals surface area (Å²) >= 11 is 0.752. The van der Waals surface area contributed by atoms with Crippen LogP contribution < -0.4 is 4.72 Å². The molecule has 1 atom stereocenters. The molecule has 19 heavy (non-hydrogen) atoms. The summed E-state index contributed by atoms with van der Waals surface area (Å²) in [4.78, 5) is 15.0. The van der Waals surface area contributed by atoms with E-state index in [0.717, 1.165) is 18.4 Å². The molecule has 0 bridgehead atoms. The number of ether oxygens (including phenoxy) is 1. The van der Waals surface area contributed by atoms with Gasteiger partial charge in [0.25, 0.3) is 10.0 Å². The molecule has 1 aromatic heterocycles. The molecule has 0 aromatic carbocycles. The van der Waals surface area contributed by atoms with Gasteiger partial charge in [-0.15, -0.1) is 11.3 Å². The van der Waals surface area contributed by atoms with Crippen LogP contribution in [0, 0.1) is 0 Å². The standard InChI is InChI=1S/C9H14N2O6S2/c1-9(14,4-12)3-11-19(15,16)8-6(7(13)17-2)10-5-18-8/h5,11-12,14H,3-4H2,1-2H3. The maximum atomic E-state index is 12.0. The molecule has 10 heteroatoms. The third-order valence-corrected chi connectivity index (χ3v) is 4.91. The van der Waals surface area contributed by atoms with Crippen molar-refractivity contribution in [3.8, 4) is 0 Å². The maximum absolute atomic E-state index is 12.0. The Bertz CT molecular complexity index is 551. The van der Waals surface area contributed by atoms with Crippen molar-refractivity contribution in [2.75, 3.05) is 20.3 Å². The average Bonchev–Trinajstić information content (AvgIpc) is 2.86.